The maximum atomic E-state index is 13.0. The summed E-state index contributed by atoms with van der Waals surface area (Å²) in [4.78, 5) is 23.9. The molecule has 0 radical (unpaired) electrons. The van der Waals surface area contributed by atoms with Crippen LogP contribution in [0.2, 0.25) is 0 Å². The van der Waals surface area contributed by atoms with Crippen LogP contribution in [0.4, 0.5) is 5.69 Å². The molecule has 1 N–H and O–H groups in total. The first-order valence-corrected chi connectivity index (χ1v) is 9.66. The number of hydrogen-bond acceptors (Lipinski definition) is 6. The second-order valence-electron chi connectivity index (χ2n) is 5.86. The highest BCUT2D eigenvalue weighted by molar-refractivity contribution is 7.93. The van der Waals surface area contributed by atoms with E-state index in [0.717, 1.165) is 5.39 Å². The number of anilines is 1. The fraction of sp³-hybridized carbons (Fsp3) is 0.100. The van der Waals surface area contributed by atoms with E-state index in [1.165, 1.54) is 38.5 Å². The van der Waals surface area contributed by atoms with Gasteiger partial charge in [-0.1, -0.05) is 36.4 Å². The lowest BCUT2D eigenvalue weighted by Crippen LogP contribution is -2.15. The molecule has 0 atom stereocenters. The van der Waals surface area contributed by atoms with E-state index in [2.05, 4.69) is 14.2 Å². The van der Waals surface area contributed by atoms with E-state index in [4.69, 9.17) is 0 Å². The summed E-state index contributed by atoms with van der Waals surface area (Å²) in [6.07, 6.45) is 0. The van der Waals surface area contributed by atoms with Crippen LogP contribution in [-0.2, 0) is 19.5 Å². The van der Waals surface area contributed by atoms with Gasteiger partial charge in [0, 0.05) is 5.39 Å². The number of benzene rings is 3. The monoisotopic (exact) mass is 399 g/mol. The molecule has 0 aliphatic carbocycles. The van der Waals surface area contributed by atoms with Crippen molar-refractivity contribution in [2.45, 2.75) is 4.90 Å². The fourth-order valence-corrected chi connectivity index (χ4v) is 4.07. The van der Waals surface area contributed by atoms with Gasteiger partial charge in [0.15, 0.2) is 0 Å². The number of nitrogens with one attached hydrogen (secondary N) is 1. The number of carbonyl (C=O) groups excluding carboxylic acids is 2. The van der Waals surface area contributed by atoms with Crippen LogP contribution < -0.4 is 4.72 Å². The molecule has 0 aromatic heterocycles. The van der Waals surface area contributed by atoms with Crippen molar-refractivity contribution in [1.82, 2.24) is 0 Å². The quantitative estimate of drug-likeness (QED) is 0.662. The maximum Gasteiger partial charge on any atom is 0.337 e. The van der Waals surface area contributed by atoms with E-state index in [0.29, 0.717) is 5.39 Å². The van der Waals surface area contributed by atoms with Crippen molar-refractivity contribution in [3.8, 4) is 0 Å². The molecule has 0 saturated heterocycles. The summed E-state index contributed by atoms with van der Waals surface area (Å²) in [5, 5.41) is 1.32. The van der Waals surface area contributed by atoms with Crippen LogP contribution in [-0.4, -0.2) is 34.6 Å². The summed E-state index contributed by atoms with van der Waals surface area (Å²) in [5.74, 6) is -1.42. The minimum atomic E-state index is -3.99. The van der Waals surface area contributed by atoms with E-state index in [1.54, 1.807) is 18.2 Å². The van der Waals surface area contributed by atoms with Crippen LogP contribution in [0.5, 0.6) is 0 Å². The highest BCUT2D eigenvalue weighted by atomic mass is 32.2. The van der Waals surface area contributed by atoms with E-state index < -0.39 is 22.0 Å². The Labute approximate surface area is 161 Å². The molecule has 3 rings (SSSR count). The predicted molar refractivity (Wildman–Crippen MR) is 104 cm³/mol. The van der Waals surface area contributed by atoms with Crippen LogP contribution in [0.3, 0.4) is 0 Å². The second kappa shape index (κ2) is 7.69. The molecule has 3 aromatic carbocycles. The summed E-state index contributed by atoms with van der Waals surface area (Å²) in [6.45, 7) is 0. The van der Waals surface area contributed by atoms with Crippen LogP contribution in [0.1, 0.15) is 20.7 Å². The fourth-order valence-electron chi connectivity index (χ4n) is 2.80. The topological polar surface area (TPSA) is 98.8 Å². The average Bonchev–Trinajstić information content (AvgIpc) is 2.71. The number of carbonyl (C=O) groups is 2. The van der Waals surface area contributed by atoms with E-state index in [-0.39, 0.29) is 21.7 Å². The van der Waals surface area contributed by atoms with Gasteiger partial charge in [0.1, 0.15) is 0 Å². The molecule has 0 spiro atoms. The van der Waals surface area contributed by atoms with E-state index in [1.807, 2.05) is 18.2 Å². The Morgan fingerprint density at radius 1 is 0.821 bits per heavy atom. The molecule has 3 aromatic rings. The summed E-state index contributed by atoms with van der Waals surface area (Å²) in [7, 11) is -1.62. The first kappa shape index (κ1) is 19.4. The number of sulfonamides is 1. The highest BCUT2D eigenvalue weighted by Crippen LogP contribution is 2.26. The SMILES string of the molecule is COC(=O)c1cc(NS(=O)(=O)c2cccc3ccccc23)cc(C(=O)OC)c1. The lowest BCUT2D eigenvalue weighted by Gasteiger charge is -2.12. The molecule has 7 nitrogen and oxygen atoms in total. The van der Waals surface area contributed by atoms with Crippen LogP contribution in [0.15, 0.2) is 65.6 Å². The Hall–Kier alpha value is -3.39. The van der Waals surface area contributed by atoms with Crippen molar-refractivity contribution < 1.29 is 27.5 Å². The molecule has 0 aliphatic rings. The van der Waals surface area contributed by atoms with Gasteiger partial charge >= 0.3 is 11.9 Å². The first-order valence-electron chi connectivity index (χ1n) is 8.18. The molecular formula is C20H17NO6S. The third-order valence-corrected chi connectivity index (χ3v) is 5.51. The van der Waals surface area contributed by atoms with Gasteiger partial charge in [-0.3, -0.25) is 4.72 Å². The summed E-state index contributed by atoms with van der Waals surface area (Å²) >= 11 is 0. The lowest BCUT2D eigenvalue weighted by atomic mass is 10.1. The zero-order valence-corrected chi connectivity index (χ0v) is 15.9. The van der Waals surface area contributed by atoms with Crippen molar-refractivity contribution in [3.05, 3.63) is 71.8 Å². The van der Waals surface area contributed by atoms with Gasteiger partial charge in [-0.05, 0) is 29.7 Å². The molecule has 0 fully saturated rings. The summed E-state index contributed by atoms with van der Waals surface area (Å²) in [5.41, 5.74) is 0.0678. The number of esters is 2. The zero-order chi connectivity index (χ0) is 20.3. The Morgan fingerprint density at radius 3 is 2.00 bits per heavy atom. The standard InChI is InChI=1S/C20H17NO6S/c1-26-19(22)14-10-15(20(23)27-2)12-16(11-14)21-28(24,25)18-9-5-7-13-6-3-4-8-17(13)18/h3-12,21H,1-2H3. The minimum absolute atomic E-state index is 0.0148. The predicted octanol–water partition coefficient (Wildman–Crippen LogP) is 3.21. The van der Waals surface area contributed by atoms with Gasteiger partial charge in [-0.25, -0.2) is 18.0 Å². The number of ether oxygens (including phenoxy) is 2. The molecule has 0 bridgehead atoms. The van der Waals surface area contributed by atoms with Crippen molar-refractivity contribution in [1.29, 1.82) is 0 Å². The largest absolute Gasteiger partial charge is 0.465 e. The smallest absolute Gasteiger partial charge is 0.337 e. The van der Waals surface area contributed by atoms with Crippen molar-refractivity contribution in [2.24, 2.45) is 0 Å². The number of hydrogen-bond donors (Lipinski definition) is 1. The van der Waals surface area contributed by atoms with Crippen LogP contribution in [0, 0.1) is 0 Å². The van der Waals surface area contributed by atoms with Crippen LogP contribution >= 0.6 is 0 Å². The molecule has 0 aliphatic heterocycles. The molecule has 0 heterocycles. The zero-order valence-electron chi connectivity index (χ0n) is 15.1. The first-order chi connectivity index (χ1) is 13.4. The second-order valence-corrected chi connectivity index (χ2v) is 7.52. The Kier molecular flexibility index (Phi) is 5.32. The number of methoxy groups -OCH3 is 2. The third kappa shape index (κ3) is 3.81. The van der Waals surface area contributed by atoms with Gasteiger partial charge in [0.25, 0.3) is 10.0 Å². The van der Waals surface area contributed by atoms with Crippen molar-refractivity contribution in [3.63, 3.8) is 0 Å². The number of fused-ring (bicyclic) bond motifs is 1. The molecular weight excluding hydrogens is 382 g/mol. The molecule has 144 valence electrons. The Bertz CT molecular complexity index is 1130. The maximum absolute atomic E-state index is 13.0. The molecule has 28 heavy (non-hydrogen) atoms. The van der Waals surface area contributed by atoms with Gasteiger partial charge in [0.2, 0.25) is 0 Å². The third-order valence-electron chi connectivity index (χ3n) is 4.07. The van der Waals surface area contributed by atoms with Crippen molar-refractivity contribution >= 4 is 38.4 Å². The Morgan fingerprint density at radius 2 is 1.39 bits per heavy atom. The summed E-state index contributed by atoms with van der Waals surface area (Å²) in [6, 6.07) is 15.9. The molecule has 0 unspecified atom stereocenters. The average molecular weight is 399 g/mol. The molecule has 0 amide bonds. The summed E-state index contributed by atoms with van der Waals surface area (Å²) < 4.78 is 37.7. The van der Waals surface area contributed by atoms with E-state index >= 15 is 0 Å². The van der Waals surface area contributed by atoms with Crippen molar-refractivity contribution in [2.75, 3.05) is 18.9 Å². The number of rotatable bonds is 5. The Balaban J connectivity index is 2.08. The normalized spacial score (nSPS) is 11.1. The lowest BCUT2D eigenvalue weighted by molar-refractivity contribution is 0.0599. The van der Waals surface area contributed by atoms with Crippen LogP contribution in [0.25, 0.3) is 10.8 Å². The molecule has 0 saturated carbocycles. The van der Waals surface area contributed by atoms with Gasteiger partial charge in [-0.15, -0.1) is 0 Å². The van der Waals surface area contributed by atoms with Gasteiger partial charge in [-0.2, -0.15) is 0 Å². The van der Waals surface area contributed by atoms with Gasteiger partial charge in [0.05, 0.1) is 35.9 Å². The van der Waals surface area contributed by atoms with E-state index in [9.17, 15) is 18.0 Å². The molecule has 8 heteroatoms. The minimum Gasteiger partial charge on any atom is -0.465 e. The highest BCUT2D eigenvalue weighted by Gasteiger charge is 2.20. The van der Waals surface area contributed by atoms with Gasteiger partial charge < -0.3 is 9.47 Å².